The average Bonchev–Trinajstić information content (AvgIpc) is 3.06. The molecule has 9 nitrogen and oxygen atoms in total. The van der Waals surface area contributed by atoms with Crippen molar-refractivity contribution in [3.63, 3.8) is 0 Å². The second-order valence-corrected chi connectivity index (χ2v) is 10.5. The molecular formula is C19H24N4O5S2. The minimum Gasteiger partial charge on any atom is -0.335 e. The number of benzene rings is 1. The van der Waals surface area contributed by atoms with E-state index >= 15 is 0 Å². The number of carbonyl (C=O) groups is 1. The van der Waals surface area contributed by atoms with E-state index in [9.17, 15) is 23.3 Å². The number of nitrogens with zero attached hydrogens (tertiary/aromatic N) is 4. The maximum atomic E-state index is 12.9. The third kappa shape index (κ3) is 4.52. The molecule has 0 atom stereocenters. The van der Waals surface area contributed by atoms with E-state index in [0.29, 0.717) is 16.5 Å². The molecule has 1 amide bonds. The summed E-state index contributed by atoms with van der Waals surface area (Å²) in [5, 5.41) is 12.1. The molecule has 0 radical (unpaired) electrons. The highest BCUT2D eigenvalue weighted by atomic mass is 32.2. The Morgan fingerprint density at radius 2 is 1.87 bits per heavy atom. The SMILES string of the molecule is Cc1nc(CC(C)C)sc1C(=O)N1CCN(S(=O)(=O)c2ccccc2[N+](=O)[O-])CC1. The van der Waals surface area contributed by atoms with E-state index in [1.54, 1.807) is 4.90 Å². The number of sulfonamides is 1. The van der Waals surface area contributed by atoms with Crippen LogP contribution in [0.3, 0.4) is 0 Å². The lowest BCUT2D eigenvalue weighted by atomic mass is 10.1. The summed E-state index contributed by atoms with van der Waals surface area (Å²) in [4.78, 5) is 29.8. The summed E-state index contributed by atoms with van der Waals surface area (Å²) >= 11 is 1.39. The zero-order valence-corrected chi connectivity index (χ0v) is 18.7. The molecule has 1 aromatic carbocycles. The predicted octanol–water partition coefficient (Wildman–Crippen LogP) is 2.70. The first-order chi connectivity index (χ1) is 14.1. The van der Waals surface area contributed by atoms with Gasteiger partial charge in [0.25, 0.3) is 11.6 Å². The van der Waals surface area contributed by atoms with Crippen LogP contribution in [0.1, 0.15) is 34.2 Å². The minimum atomic E-state index is -4.03. The van der Waals surface area contributed by atoms with E-state index in [1.165, 1.54) is 39.9 Å². The van der Waals surface area contributed by atoms with Crippen molar-refractivity contribution in [2.45, 2.75) is 32.1 Å². The van der Waals surface area contributed by atoms with Gasteiger partial charge in [0.2, 0.25) is 10.0 Å². The van der Waals surface area contributed by atoms with Gasteiger partial charge in [-0.1, -0.05) is 26.0 Å². The molecule has 1 aromatic heterocycles. The summed E-state index contributed by atoms with van der Waals surface area (Å²) in [5.74, 6) is 0.289. The number of carbonyl (C=O) groups excluding carboxylic acids is 1. The highest BCUT2D eigenvalue weighted by Gasteiger charge is 2.35. The van der Waals surface area contributed by atoms with Crippen LogP contribution < -0.4 is 0 Å². The lowest BCUT2D eigenvalue weighted by Gasteiger charge is -2.33. The quantitative estimate of drug-likeness (QED) is 0.492. The van der Waals surface area contributed by atoms with E-state index < -0.39 is 20.6 Å². The summed E-state index contributed by atoms with van der Waals surface area (Å²) in [7, 11) is -4.03. The number of rotatable bonds is 6. The minimum absolute atomic E-state index is 0.0802. The predicted molar refractivity (Wildman–Crippen MR) is 113 cm³/mol. The van der Waals surface area contributed by atoms with Crippen LogP contribution in [0.5, 0.6) is 0 Å². The number of hydrogen-bond donors (Lipinski definition) is 0. The molecule has 1 aliphatic rings. The normalized spacial score (nSPS) is 15.5. The summed E-state index contributed by atoms with van der Waals surface area (Å²) < 4.78 is 27.1. The number of nitro benzene ring substituents is 1. The van der Waals surface area contributed by atoms with Crippen LogP contribution in [-0.4, -0.2) is 59.6 Å². The van der Waals surface area contributed by atoms with Gasteiger partial charge in [-0.2, -0.15) is 4.31 Å². The Kier molecular flexibility index (Phi) is 6.53. The number of thiazole rings is 1. The molecule has 0 aliphatic carbocycles. The number of aromatic nitrogens is 1. The fraction of sp³-hybridized carbons (Fsp3) is 0.474. The number of amides is 1. The van der Waals surface area contributed by atoms with Crippen LogP contribution in [0.15, 0.2) is 29.2 Å². The Labute approximate surface area is 179 Å². The number of hydrogen-bond acceptors (Lipinski definition) is 7. The van der Waals surface area contributed by atoms with Gasteiger partial charge in [-0.05, 0) is 18.9 Å². The van der Waals surface area contributed by atoms with Gasteiger partial charge in [-0.15, -0.1) is 11.3 Å². The molecule has 2 heterocycles. The summed E-state index contributed by atoms with van der Waals surface area (Å²) in [6, 6.07) is 5.30. The average molecular weight is 453 g/mol. The Bertz CT molecular complexity index is 1060. The third-order valence-electron chi connectivity index (χ3n) is 4.82. The monoisotopic (exact) mass is 452 g/mol. The third-order valence-corrected chi connectivity index (χ3v) is 7.94. The fourth-order valence-corrected chi connectivity index (χ4v) is 6.15. The van der Waals surface area contributed by atoms with Crippen LogP contribution in [0, 0.1) is 23.0 Å². The van der Waals surface area contributed by atoms with Crippen molar-refractivity contribution < 1.29 is 18.1 Å². The molecule has 162 valence electrons. The van der Waals surface area contributed by atoms with E-state index in [0.717, 1.165) is 11.4 Å². The van der Waals surface area contributed by atoms with Gasteiger partial charge in [0, 0.05) is 38.7 Å². The molecule has 11 heteroatoms. The molecule has 2 aromatic rings. The molecule has 3 rings (SSSR count). The van der Waals surface area contributed by atoms with E-state index in [2.05, 4.69) is 18.8 Å². The second kappa shape index (κ2) is 8.78. The highest BCUT2D eigenvalue weighted by molar-refractivity contribution is 7.89. The highest BCUT2D eigenvalue weighted by Crippen LogP contribution is 2.28. The largest absolute Gasteiger partial charge is 0.335 e. The first kappa shape index (κ1) is 22.3. The molecule has 0 spiro atoms. The smallest absolute Gasteiger partial charge is 0.289 e. The number of nitro groups is 1. The van der Waals surface area contributed by atoms with Crippen LogP contribution in [-0.2, 0) is 16.4 Å². The number of para-hydroxylation sites is 1. The fourth-order valence-electron chi connectivity index (χ4n) is 3.33. The van der Waals surface area contributed by atoms with E-state index in [4.69, 9.17) is 0 Å². The van der Waals surface area contributed by atoms with E-state index in [-0.39, 0.29) is 37.0 Å². The summed E-state index contributed by atoms with van der Waals surface area (Å²) in [6.07, 6.45) is 0.806. The van der Waals surface area contributed by atoms with Gasteiger partial charge in [0.05, 0.1) is 15.6 Å². The summed E-state index contributed by atoms with van der Waals surface area (Å²) in [5.41, 5.74) is 0.240. The standard InChI is InChI=1S/C19H24N4O5S2/c1-13(2)12-17-20-14(3)18(29-17)19(24)21-8-10-22(11-9-21)30(27,28)16-7-5-4-6-15(16)23(25)26/h4-7,13H,8-12H2,1-3H3. The first-order valence-corrected chi connectivity index (χ1v) is 11.9. The van der Waals surface area contributed by atoms with Crippen LogP contribution in [0.2, 0.25) is 0 Å². The van der Waals surface area contributed by atoms with Gasteiger partial charge >= 0.3 is 0 Å². The van der Waals surface area contributed by atoms with Gasteiger partial charge in [-0.25, -0.2) is 13.4 Å². The second-order valence-electron chi connectivity index (χ2n) is 7.54. The van der Waals surface area contributed by atoms with Crippen molar-refractivity contribution in [3.8, 4) is 0 Å². The Morgan fingerprint density at radius 3 is 2.47 bits per heavy atom. The lowest BCUT2D eigenvalue weighted by molar-refractivity contribution is -0.387. The molecule has 0 bridgehead atoms. The zero-order chi connectivity index (χ0) is 22.1. The molecule has 0 unspecified atom stereocenters. The molecule has 1 fully saturated rings. The van der Waals surface area contributed by atoms with Crippen molar-refractivity contribution in [3.05, 3.63) is 50.0 Å². The maximum Gasteiger partial charge on any atom is 0.289 e. The first-order valence-electron chi connectivity index (χ1n) is 9.60. The zero-order valence-electron chi connectivity index (χ0n) is 17.1. The van der Waals surface area contributed by atoms with Crippen LogP contribution in [0.4, 0.5) is 5.69 Å². The van der Waals surface area contributed by atoms with Gasteiger partial charge < -0.3 is 4.90 Å². The molecule has 0 saturated carbocycles. The van der Waals surface area contributed by atoms with Crippen molar-refractivity contribution in [1.82, 2.24) is 14.2 Å². The molecular weight excluding hydrogens is 428 g/mol. The Balaban J connectivity index is 1.73. The summed E-state index contributed by atoms with van der Waals surface area (Å²) in [6.45, 7) is 6.59. The molecule has 0 N–H and O–H groups in total. The Morgan fingerprint density at radius 1 is 1.23 bits per heavy atom. The van der Waals surface area contributed by atoms with Gasteiger partial charge in [0.15, 0.2) is 4.90 Å². The lowest BCUT2D eigenvalue weighted by Crippen LogP contribution is -2.50. The topological polar surface area (TPSA) is 114 Å². The molecule has 1 aliphatic heterocycles. The van der Waals surface area contributed by atoms with Crippen molar-refractivity contribution in [2.75, 3.05) is 26.2 Å². The van der Waals surface area contributed by atoms with E-state index in [1.807, 2.05) is 6.92 Å². The van der Waals surface area contributed by atoms with Crippen molar-refractivity contribution in [2.24, 2.45) is 5.92 Å². The van der Waals surface area contributed by atoms with Gasteiger partial charge in [0.1, 0.15) is 4.88 Å². The molecule has 1 saturated heterocycles. The van der Waals surface area contributed by atoms with Crippen LogP contribution >= 0.6 is 11.3 Å². The maximum absolute atomic E-state index is 12.9. The number of piperazine rings is 1. The van der Waals surface area contributed by atoms with Crippen molar-refractivity contribution in [1.29, 1.82) is 0 Å². The van der Waals surface area contributed by atoms with Crippen molar-refractivity contribution >= 4 is 33.0 Å². The van der Waals surface area contributed by atoms with Gasteiger partial charge in [-0.3, -0.25) is 14.9 Å². The Hall–Kier alpha value is -2.37. The number of aryl methyl sites for hydroxylation is 1. The van der Waals surface area contributed by atoms with Crippen LogP contribution in [0.25, 0.3) is 0 Å². The molecule has 30 heavy (non-hydrogen) atoms.